The van der Waals surface area contributed by atoms with Gasteiger partial charge in [-0.05, 0) is 41.3 Å². The number of amides is 2. The minimum Gasteiger partial charge on any atom is -0.459 e. The zero-order valence-corrected chi connectivity index (χ0v) is 15.7. The molecule has 5 heteroatoms. The third-order valence-corrected chi connectivity index (χ3v) is 5.20. The van der Waals surface area contributed by atoms with Gasteiger partial charge in [0.25, 0.3) is 5.91 Å². The highest BCUT2D eigenvalue weighted by Gasteiger charge is 2.36. The summed E-state index contributed by atoms with van der Waals surface area (Å²) in [7, 11) is 0. The van der Waals surface area contributed by atoms with Crippen LogP contribution in [0.25, 0.3) is 0 Å². The largest absolute Gasteiger partial charge is 0.459 e. The Morgan fingerprint density at radius 3 is 2.54 bits per heavy atom. The molecule has 0 spiro atoms. The summed E-state index contributed by atoms with van der Waals surface area (Å²) in [6, 6.07) is 18.4. The number of hydrogen-bond donors (Lipinski definition) is 1. The summed E-state index contributed by atoms with van der Waals surface area (Å²) in [5, 5.41) is 3.03. The lowest BCUT2D eigenvalue weighted by Crippen LogP contribution is -2.50. The van der Waals surface area contributed by atoms with E-state index < -0.39 is 6.04 Å². The number of anilines is 1. The topological polar surface area (TPSA) is 62.6 Å². The molecule has 1 aliphatic heterocycles. The van der Waals surface area contributed by atoms with Crippen LogP contribution < -0.4 is 5.32 Å². The average Bonchev–Trinajstić information content (AvgIpc) is 3.27. The van der Waals surface area contributed by atoms with Crippen LogP contribution in [-0.4, -0.2) is 22.8 Å². The number of hydrogen-bond acceptors (Lipinski definition) is 3. The lowest BCUT2D eigenvalue weighted by Gasteiger charge is -2.35. The van der Waals surface area contributed by atoms with Crippen molar-refractivity contribution >= 4 is 17.5 Å². The van der Waals surface area contributed by atoms with E-state index in [1.807, 2.05) is 48.5 Å². The fraction of sp³-hybridized carbons (Fsp3) is 0.217. The van der Waals surface area contributed by atoms with Crippen LogP contribution >= 0.6 is 0 Å². The van der Waals surface area contributed by atoms with Gasteiger partial charge >= 0.3 is 0 Å². The number of benzene rings is 2. The van der Waals surface area contributed by atoms with Gasteiger partial charge in [-0.3, -0.25) is 9.59 Å². The molecule has 0 saturated carbocycles. The van der Waals surface area contributed by atoms with Crippen molar-refractivity contribution in [1.29, 1.82) is 0 Å². The number of furan rings is 1. The third-order valence-electron chi connectivity index (χ3n) is 5.20. The van der Waals surface area contributed by atoms with Crippen LogP contribution in [0.3, 0.4) is 0 Å². The molecular formula is C23H22N2O3. The summed E-state index contributed by atoms with van der Waals surface area (Å²) >= 11 is 0. The molecule has 0 radical (unpaired) electrons. The van der Waals surface area contributed by atoms with Crippen LogP contribution in [0.5, 0.6) is 0 Å². The molecule has 5 nitrogen and oxygen atoms in total. The van der Waals surface area contributed by atoms with Crippen LogP contribution in [0, 0.1) is 0 Å². The van der Waals surface area contributed by atoms with Crippen molar-refractivity contribution in [2.75, 3.05) is 5.32 Å². The minimum absolute atomic E-state index is 0.185. The zero-order chi connectivity index (χ0) is 19.5. The van der Waals surface area contributed by atoms with E-state index in [4.69, 9.17) is 4.42 Å². The van der Waals surface area contributed by atoms with Gasteiger partial charge in [0.15, 0.2) is 5.76 Å². The Balaban J connectivity index is 1.65. The quantitative estimate of drug-likeness (QED) is 0.749. The van der Waals surface area contributed by atoms with Crippen molar-refractivity contribution < 1.29 is 14.0 Å². The van der Waals surface area contributed by atoms with Gasteiger partial charge in [-0.15, -0.1) is 0 Å². The number of nitrogens with zero attached hydrogens (tertiary/aromatic N) is 1. The van der Waals surface area contributed by atoms with E-state index in [9.17, 15) is 9.59 Å². The SMILES string of the molecule is CCc1ccccc1NC(=O)C1Cc2ccccc2CN1C(=O)c1ccco1. The van der Waals surface area contributed by atoms with E-state index in [2.05, 4.69) is 12.2 Å². The molecular weight excluding hydrogens is 352 g/mol. The molecule has 1 aliphatic rings. The summed E-state index contributed by atoms with van der Waals surface area (Å²) < 4.78 is 5.30. The number of carbonyl (C=O) groups excluding carboxylic acids is 2. The van der Waals surface area contributed by atoms with Gasteiger partial charge < -0.3 is 14.6 Å². The smallest absolute Gasteiger partial charge is 0.290 e. The fourth-order valence-electron chi connectivity index (χ4n) is 3.68. The molecule has 4 rings (SSSR count). The molecule has 0 saturated heterocycles. The highest BCUT2D eigenvalue weighted by Crippen LogP contribution is 2.26. The Kier molecular flexibility index (Phi) is 4.98. The first kappa shape index (κ1) is 18.0. The van der Waals surface area contributed by atoms with Gasteiger partial charge in [-0.2, -0.15) is 0 Å². The molecule has 28 heavy (non-hydrogen) atoms. The molecule has 0 bridgehead atoms. The van der Waals surface area contributed by atoms with Gasteiger partial charge in [0.1, 0.15) is 6.04 Å². The molecule has 0 fully saturated rings. The molecule has 2 heterocycles. The molecule has 2 amide bonds. The summed E-state index contributed by atoms with van der Waals surface area (Å²) in [5.74, 6) is -0.218. The number of para-hydroxylation sites is 1. The summed E-state index contributed by atoms with van der Waals surface area (Å²) in [4.78, 5) is 27.8. The van der Waals surface area contributed by atoms with Crippen LogP contribution in [0.1, 0.15) is 34.2 Å². The van der Waals surface area contributed by atoms with Gasteiger partial charge in [0.05, 0.1) is 6.26 Å². The number of nitrogens with one attached hydrogen (secondary N) is 1. The molecule has 3 aromatic rings. The van der Waals surface area contributed by atoms with Crippen molar-refractivity contribution in [3.8, 4) is 0 Å². The molecule has 1 atom stereocenters. The normalized spacial score (nSPS) is 15.8. The molecule has 1 N–H and O–H groups in total. The predicted octanol–water partition coefficient (Wildman–Crippen LogP) is 4.05. The van der Waals surface area contributed by atoms with Gasteiger partial charge in [0, 0.05) is 18.7 Å². The highest BCUT2D eigenvalue weighted by molar-refractivity contribution is 6.01. The Morgan fingerprint density at radius 1 is 1.04 bits per heavy atom. The average molecular weight is 374 g/mol. The zero-order valence-electron chi connectivity index (χ0n) is 15.7. The van der Waals surface area contributed by atoms with E-state index in [0.29, 0.717) is 13.0 Å². The second-order valence-electron chi connectivity index (χ2n) is 6.90. The number of rotatable bonds is 4. The van der Waals surface area contributed by atoms with Crippen LogP contribution in [0.15, 0.2) is 71.3 Å². The highest BCUT2D eigenvalue weighted by atomic mass is 16.3. The Labute approximate surface area is 164 Å². The minimum atomic E-state index is -0.600. The Bertz CT molecular complexity index is 995. The maximum absolute atomic E-state index is 13.2. The first-order chi connectivity index (χ1) is 13.7. The molecule has 1 unspecified atom stereocenters. The maximum Gasteiger partial charge on any atom is 0.290 e. The van der Waals surface area contributed by atoms with Crippen molar-refractivity contribution in [1.82, 2.24) is 4.90 Å². The van der Waals surface area contributed by atoms with Crippen LogP contribution in [0.4, 0.5) is 5.69 Å². The maximum atomic E-state index is 13.2. The van der Waals surface area contributed by atoms with E-state index in [1.165, 1.54) is 6.26 Å². The van der Waals surface area contributed by atoms with Gasteiger partial charge in [-0.1, -0.05) is 49.4 Å². The lowest BCUT2D eigenvalue weighted by molar-refractivity contribution is -0.121. The van der Waals surface area contributed by atoms with Gasteiger partial charge in [0.2, 0.25) is 5.91 Å². The van der Waals surface area contributed by atoms with Crippen molar-refractivity contribution in [2.45, 2.75) is 32.4 Å². The molecule has 2 aromatic carbocycles. The number of fused-ring (bicyclic) bond motifs is 1. The monoisotopic (exact) mass is 374 g/mol. The number of carbonyl (C=O) groups is 2. The second-order valence-corrected chi connectivity index (χ2v) is 6.90. The third kappa shape index (κ3) is 3.43. The molecule has 0 aliphatic carbocycles. The van der Waals surface area contributed by atoms with Crippen LogP contribution in [0.2, 0.25) is 0 Å². The van der Waals surface area contributed by atoms with E-state index in [-0.39, 0.29) is 17.6 Å². The molecule has 142 valence electrons. The summed E-state index contributed by atoms with van der Waals surface area (Å²) in [6.45, 7) is 2.43. The second kappa shape index (κ2) is 7.72. The van der Waals surface area contributed by atoms with Crippen molar-refractivity contribution in [3.63, 3.8) is 0 Å². The van der Waals surface area contributed by atoms with Crippen molar-refractivity contribution in [2.24, 2.45) is 0 Å². The van der Waals surface area contributed by atoms with E-state index >= 15 is 0 Å². The van der Waals surface area contributed by atoms with Gasteiger partial charge in [-0.25, -0.2) is 0 Å². The van der Waals surface area contributed by atoms with E-state index in [0.717, 1.165) is 28.8 Å². The lowest BCUT2D eigenvalue weighted by atomic mass is 9.93. The Morgan fingerprint density at radius 2 is 1.79 bits per heavy atom. The number of aryl methyl sites for hydroxylation is 1. The fourth-order valence-corrected chi connectivity index (χ4v) is 3.68. The van der Waals surface area contributed by atoms with E-state index in [1.54, 1.807) is 17.0 Å². The molecule has 1 aromatic heterocycles. The Hall–Kier alpha value is -3.34. The summed E-state index contributed by atoms with van der Waals surface area (Å²) in [6.07, 6.45) is 2.76. The predicted molar refractivity (Wildman–Crippen MR) is 107 cm³/mol. The first-order valence-corrected chi connectivity index (χ1v) is 9.47. The standard InChI is InChI=1S/C23H22N2O3/c1-2-16-8-5-6-11-19(16)24-22(26)20-14-17-9-3-4-10-18(17)15-25(20)23(27)21-12-7-13-28-21/h3-13,20H,2,14-15H2,1H3,(H,24,26). The summed E-state index contributed by atoms with van der Waals surface area (Å²) in [5.41, 5.74) is 4.01. The van der Waals surface area contributed by atoms with Crippen LogP contribution in [-0.2, 0) is 24.2 Å². The first-order valence-electron chi connectivity index (χ1n) is 9.47. The van der Waals surface area contributed by atoms with Crippen molar-refractivity contribution in [3.05, 3.63) is 89.4 Å².